The van der Waals surface area contributed by atoms with E-state index in [-0.39, 0.29) is 5.41 Å². The molecule has 1 atom stereocenters. The molecule has 1 fully saturated rings. The predicted molar refractivity (Wildman–Crippen MR) is 118 cm³/mol. The first-order chi connectivity index (χ1) is 14.5. The summed E-state index contributed by atoms with van der Waals surface area (Å²) in [5.74, 6) is 0.120. The number of thiophene rings is 1. The molecule has 0 saturated carbocycles. The Morgan fingerprint density at radius 3 is 2.50 bits per heavy atom. The molecule has 30 heavy (non-hydrogen) atoms. The minimum atomic E-state index is -0.516. The zero-order valence-corrected chi connectivity index (χ0v) is 18.7. The van der Waals surface area contributed by atoms with Gasteiger partial charge in [0.05, 0.1) is 11.5 Å². The van der Waals surface area contributed by atoms with E-state index in [1.165, 1.54) is 10.9 Å². The van der Waals surface area contributed by atoms with Gasteiger partial charge in [-0.3, -0.25) is 4.90 Å². The highest BCUT2D eigenvalue weighted by atomic mass is 32.1. The molecule has 2 aromatic rings. The van der Waals surface area contributed by atoms with Gasteiger partial charge in [0, 0.05) is 43.7 Å². The summed E-state index contributed by atoms with van der Waals surface area (Å²) in [5.41, 5.74) is -0.377. The maximum absolute atomic E-state index is 13.1. The number of aromatic nitrogens is 1. The van der Waals surface area contributed by atoms with E-state index < -0.39 is 5.95 Å². The lowest BCUT2D eigenvalue weighted by Gasteiger charge is -2.35. The molecule has 1 saturated heterocycles. The van der Waals surface area contributed by atoms with E-state index in [4.69, 9.17) is 4.74 Å². The molecule has 2 aromatic heterocycles. The predicted octanol–water partition coefficient (Wildman–Crippen LogP) is 4.18. The molecule has 0 radical (unpaired) electrons. The first kappa shape index (κ1) is 22.7. The quantitative estimate of drug-likeness (QED) is 0.530. The van der Waals surface area contributed by atoms with Crippen LogP contribution in [0.15, 0.2) is 35.7 Å². The van der Waals surface area contributed by atoms with Gasteiger partial charge >= 0.3 is 0 Å². The van der Waals surface area contributed by atoms with Crippen LogP contribution in [0.1, 0.15) is 31.6 Å². The van der Waals surface area contributed by atoms with Gasteiger partial charge in [-0.1, -0.05) is 26.0 Å². The summed E-state index contributed by atoms with van der Waals surface area (Å²) >= 11 is 1.70. The summed E-state index contributed by atoms with van der Waals surface area (Å²) in [7, 11) is 0. The van der Waals surface area contributed by atoms with Crippen molar-refractivity contribution < 1.29 is 9.13 Å². The van der Waals surface area contributed by atoms with Gasteiger partial charge in [-0.15, -0.1) is 11.3 Å². The van der Waals surface area contributed by atoms with Gasteiger partial charge in [0.25, 0.3) is 0 Å². The van der Waals surface area contributed by atoms with E-state index in [0.29, 0.717) is 18.4 Å². The van der Waals surface area contributed by atoms with Crippen molar-refractivity contribution in [3.8, 4) is 11.9 Å². The highest BCUT2D eigenvalue weighted by Gasteiger charge is 2.36. The fourth-order valence-electron chi connectivity index (χ4n) is 4.04. The Kier molecular flexibility index (Phi) is 8.20. The Bertz CT molecular complexity index is 815. The zero-order valence-electron chi connectivity index (χ0n) is 17.9. The standard InChI is InChI=1S/C23H31FN4OS/c1-19(2)23(18-25,20-6-4-17-30-20)9-5-10-27-11-13-28(14-12-27)15-16-29-22-8-3-7-21(24)26-22/h3-4,6-8,17,19H,5,9-16H2,1-2H3. The van der Waals surface area contributed by atoms with Gasteiger partial charge < -0.3 is 9.64 Å². The second kappa shape index (κ2) is 10.9. The molecule has 1 unspecified atom stereocenters. The lowest BCUT2D eigenvalue weighted by atomic mass is 9.73. The summed E-state index contributed by atoms with van der Waals surface area (Å²) in [6.45, 7) is 10.7. The fourth-order valence-corrected chi connectivity index (χ4v) is 5.09. The maximum Gasteiger partial charge on any atom is 0.216 e. The van der Waals surface area contributed by atoms with Crippen molar-refractivity contribution in [2.45, 2.75) is 32.1 Å². The Balaban J connectivity index is 1.38. The molecular weight excluding hydrogens is 399 g/mol. The van der Waals surface area contributed by atoms with E-state index in [1.807, 2.05) is 6.07 Å². The van der Waals surface area contributed by atoms with Gasteiger partial charge in [0.15, 0.2) is 0 Å². The van der Waals surface area contributed by atoms with Crippen LogP contribution in [0.5, 0.6) is 5.88 Å². The molecule has 3 rings (SSSR count). The van der Waals surface area contributed by atoms with Crippen LogP contribution in [0, 0.1) is 23.2 Å². The van der Waals surface area contributed by atoms with Crippen LogP contribution in [0.2, 0.25) is 0 Å². The van der Waals surface area contributed by atoms with Gasteiger partial charge in [0.1, 0.15) is 6.61 Å². The van der Waals surface area contributed by atoms with E-state index in [2.05, 4.69) is 46.1 Å². The number of hydrogen-bond donors (Lipinski definition) is 0. The van der Waals surface area contributed by atoms with Crippen LogP contribution in [0.3, 0.4) is 0 Å². The minimum Gasteiger partial charge on any atom is -0.476 e. The number of rotatable bonds is 10. The Morgan fingerprint density at radius 2 is 1.90 bits per heavy atom. The molecule has 0 amide bonds. The lowest BCUT2D eigenvalue weighted by Crippen LogP contribution is -2.47. The largest absolute Gasteiger partial charge is 0.476 e. The lowest BCUT2D eigenvalue weighted by molar-refractivity contribution is 0.113. The third kappa shape index (κ3) is 5.78. The third-order valence-electron chi connectivity index (χ3n) is 6.00. The summed E-state index contributed by atoms with van der Waals surface area (Å²) in [4.78, 5) is 9.77. The molecule has 162 valence electrons. The molecule has 1 aliphatic rings. The first-order valence-electron chi connectivity index (χ1n) is 10.7. The average molecular weight is 431 g/mol. The minimum absolute atomic E-state index is 0.297. The smallest absolute Gasteiger partial charge is 0.216 e. The van der Waals surface area contributed by atoms with Crippen molar-refractivity contribution in [3.63, 3.8) is 0 Å². The van der Waals surface area contributed by atoms with Gasteiger partial charge in [0.2, 0.25) is 11.8 Å². The fraction of sp³-hybridized carbons (Fsp3) is 0.565. The molecule has 7 heteroatoms. The Hall–Kier alpha value is -2.01. The molecular formula is C23H31FN4OS. The number of halogens is 1. The summed E-state index contributed by atoms with van der Waals surface area (Å²) < 4.78 is 18.6. The molecule has 3 heterocycles. The van der Waals surface area contributed by atoms with Crippen molar-refractivity contribution >= 4 is 11.3 Å². The Morgan fingerprint density at radius 1 is 1.17 bits per heavy atom. The van der Waals surface area contributed by atoms with Crippen molar-refractivity contribution in [1.82, 2.24) is 14.8 Å². The summed E-state index contributed by atoms with van der Waals surface area (Å²) in [6.07, 6.45) is 1.92. The van der Waals surface area contributed by atoms with Gasteiger partial charge in [-0.25, -0.2) is 0 Å². The van der Waals surface area contributed by atoms with Gasteiger partial charge in [-0.2, -0.15) is 14.6 Å². The molecule has 0 bridgehead atoms. The van der Waals surface area contributed by atoms with Crippen LogP contribution >= 0.6 is 11.3 Å². The van der Waals surface area contributed by atoms with Gasteiger partial charge in [-0.05, 0) is 42.8 Å². The number of nitrogens with zero attached hydrogens (tertiary/aromatic N) is 4. The number of pyridine rings is 1. The number of ether oxygens (including phenoxy) is 1. The first-order valence-corrected chi connectivity index (χ1v) is 11.6. The third-order valence-corrected chi connectivity index (χ3v) is 7.05. The van der Waals surface area contributed by atoms with Crippen LogP contribution < -0.4 is 4.74 Å². The normalized spacial score (nSPS) is 17.6. The molecule has 0 aromatic carbocycles. The van der Waals surface area contributed by atoms with E-state index >= 15 is 0 Å². The average Bonchev–Trinajstić information content (AvgIpc) is 3.27. The molecule has 0 spiro atoms. The van der Waals surface area contributed by atoms with Crippen LogP contribution in [0.4, 0.5) is 4.39 Å². The van der Waals surface area contributed by atoms with Crippen LogP contribution in [0.25, 0.3) is 0 Å². The second-order valence-corrected chi connectivity index (χ2v) is 9.10. The van der Waals surface area contributed by atoms with Crippen molar-refractivity contribution in [1.29, 1.82) is 5.26 Å². The second-order valence-electron chi connectivity index (χ2n) is 8.15. The van der Waals surface area contributed by atoms with E-state index in [9.17, 15) is 9.65 Å². The molecule has 0 aliphatic carbocycles. The molecule has 5 nitrogen and oxygen atoms in total. The van der Waals surface area contributed by atoms with E-state index in [1.54, 1.807) is 23.5 Å². The summed E-state index contributed by atoms with van der Waals surface area (Å²) in [5, 5.41) is 12.0. The van der Waals surface area contributed by atoms with E-state index in [0.717, 1.165) is 52.1 Å². The highest BCUT2D eigenvalue weighted by molar-refractivity contribution is 7.10. The highest BCUT2D eigenvalue weighted by Crippen LogP contribution is 2.39. The number of piperazine rings is 1. The molecule has 1 aliphatic heterocycles. The van der Waals surface area contributed by atoms with Crippen LogP contribution in [-0.2, 0) is 5.41 Å². The van der Waals surface area contributed by atoms with Crippen molar-refractivity contribution in [2.24, 2.45) is 5.92 Å². The molecule has 0 N–H and O–H groups in total. The topological polar surface area (TPSA) is 52.4 Å². The SMILES string of the molecule is CC(C)C(C#N)(CCCN1CCN(CCOc2cccc(F)n2)CC1)c1cccs1. The van der Waals surface area contributed by atoms with Crippen LogP contribution in [-0.4, -0.2) is 60.7 Å². The number of nitriles is 1. The number of hydrogen-bond acceptors (Lipinski definition) is 6. The van der Waals surface area contributed by atoms with Crippen molar-refractivity contribution in [3.05, 3.63) is 46.5 Å². The Labute approximate surface area is 183 Å². The summed E-state index contributed by atoms with van der Waals surface area (Å²) in [6, 6.07) is 11.4. The monoisotopic (exact) mass is 430 g/mol. The van der Waals surface area contributed by atoms with Crippen molar-refractivity contribution in [2.75, 3.05) is 45.9 Å². The maximum atomic E-state index is 13.1. The zero-order chi connectivity index (χ0) is 21.4.